The van der Waals surface area contributed by atoms with Crippen LogP contribution in [0.4, 0.5) is 10.5 Å². The first-order valence-corrected chi connectivity index (χ1v) is 8.21. The van der Waals surface area contributed by atoms with E-state index >= 15 is 0 Å². The van der Waals surface area contributed by atoms with Gasteiger partial charge in [0.1, 0.15) is 6.04 Å². The highest BCUT2D eigenvalue weighted by molar-refractivity contribution is 5.95. The van der Waals surface area contributed by atoms with Crippen LogP contribution in [0.1, 0.15) is 17.8 Å². The number of aryl methyl sites for hydroxylation is 2. The van der Waals surface area contributed by atoms with Crippen LogP contribution < -0.4 is 10.6 Å². The number of amides is 3. The number of hydrogen-bond donors (Lipinski definition) is 3. The zero-order valence-electron chi connectivity index (χ0n) is 14.2. The predicted octanol–water partition coefficient (Wildman–Crippen LogP) is 0.961. The lowest BCUT2D eigenvalue weighted by Crippen LogP contribution is -2.58. The molecule has 2 aromatic rings. The first-order valence-electron chi connectivity index (χ1n) is 8.21. The minimum Gasteiger partial charge on any atom is -0.396 e. The van der Waals surface area contributed by atoms with Gasteiger partial charge in [0.05, 0.1) is 22.4 Å². The molecule has 8 heteroatoms. The number of benzene rings is 1. The summed E-state index contributed by atoms with van der Waals surface area (Å²) in [7, 11) is 0. The molecule has 8 nitrogen and oxygen atoms in total. The van der Waals surface area contributed by atoms with Gasteiger partial charge in [-0.25, -0.2) is 14.8 Å². The fourth-order valence-electron chi connectivity index (χ4n) is 2.87. The summed E-state index contributed by atoms with van der Waals surface area (Å²) in [5.74, 6) is -0.245. The molecule has 0 aliphatic carbocycles. The second-order valence-corrected chi connectivity index (χ2v) is 6.04. The smallest absolute Gasteiger partial charge is 0.322 e. The molecule has 3 rings (SSSR count). The van der Waals surface area contributed by atoms with Gasteiger partial charge in [0, 0.05) is 25.4 Å². The summed E-state index contributed by atoms with van der Waals surface area (Å²) < 4.78 is 0. The van der Waals surface area contributed by atoms with Crippen molar-refractivity contribution in [2.24, 2.45) is 0 Å². The van der Waals surface area contributed by atoms with Gasteiger partial charge in [-0.1, -0.05) is 0 Å². The Balaban J connectivity index is 1.81. The monoisotopic (exact) mass is 343 g/mol. The number of aliphatic hydroxyl groups is 1. The van der Waals surface area contributed by atoms with Gasteiger partial charge in [-0.15, -0.1) is 0 Å². The number of carbonyl (C=O) groups excluding carboxylic acids is 2. The summed E-state index contributed by atoms with van der Waals surface area (Å²) in [4.78, 5) is 34.9. The lowest BCUT2D eigenvalue weighted by Gasteiger charge is -2.34. The molecule has 2 heterocycles. The zero-order chi connectivity index (χ0) is 18.0. The Bertz CT molecular complexity index is 823. The zero-order valence-corrected chi connectivity index (χ0v) is 14.2. The van der Waals surface area contributed by atoms with Crippen LogP contribution in [0.2, 0.25) is 0 Å². The molecule has 1 aromatic heterocycles. The standard InChI is InChI=1S/C17H21N5O3/c1-10-11(2)20-14-9-12(3-4-13(14)19-10)21-17(25)22-7-6-18-16(24)15(22)5-8-23/h3-4,9,15,23H,5-8H2,1-2H3,(H,18,24)(H,21,25)/t15-/m0/s1. The van der Waals surface area contributed by atoms with Crippen molar-refractivity contribution in [3.05, 3.63) is 29.6 Å². The largest absolute Gasteiger partial charge is 0.396 e. The number of aromatic nitrogens is 2. The molecule has 25 heavy (non-hydrogen) atoms. The van der Waals surface area contributed by atoms with Crippen molar-refractivity contribution in [3.63, 3.8) is 0 Å². The average molecular weight is 343 g/mol. The third-order valence-electron chi connectivity index (χ3n) is 4.32. The molecule has 132 valence electrons. The third kappa shape index (κ3) is 3.53. The van der Waals surface area contributed by atoms with Gasteiger partial charge in [0.2, 0.25) is 5.91 Å². The lowest BCUT2D eigenvalue weighted by atomic mass is 10.1. The van der Waals surface area contributed by atoms with Crippen molar-refractivity contribution in [2.45, 2.75) is 26.3 Å². The van der Waals surface area contributed by atoms with E-state index in [2.05, 4.69) is 20.6 Å². The van der Waals surface area contributed by atoms with Gasteiger partial charge in [0.25, 0.3) is 0 Å². The second-order valence-electron chi connectivity index (χ2n) is 6.04. The summed E-state index contributed by atoms with van der Waals surface area (Å²) in [5, 5.41) is 14.7. The van der Waals surface area contributed by atoms with Crippen molar-refractivity contribution in [1.82, 2.24) is 20.2 Å². The van der Waals surface area contributed by atoms with Crippen LogP contribution in [-0.4, -0.2) is 57.7 Å². The highest BCUT2D eigenvalue weighted by Crippen LogP contribution is 2.19. The first kappa shape index (κ1) is 17.1. The van der Waals surface area contributed by atoms with Crippen molar-refractivity contribution in [1.29, 1.82) is 0 Å². The van der Waals surface area contributed by atoms with Crippen LogP contribution in [0.15, 0.2) is 18.2 Å². The number of anilines is 1. The highest BCUT2D eigenvalue weighted by atomic mass is 16.3. The predicted molar refractivity (Wildman–Crippen MR) is 93.2 cm³/mol. The highest BCUT2D eigenvalue weighted by Gasteiger charge is 2.32. The maximum atomic E-state index is 12.6. The summed E-state index contributed by atoms with van der Waals surface area (Å²) in [5.41, 5.74) is 3.76. The number of nitrogens with one attached hydrogen (secondary N) is 2. The van der Waals surface area contributed by atoms with E-state index in [4.69, 9.17) is 5.11 Å². The van der Waals surface area contributed by atoms with Crippen molar-refractivity contribution in [3.8, 4) is 0 Å². The van der Waals surface area contributed by atoms with Gasteiger partial charge in [0.15, 0.2) is 0 Å². The summed E-state index contributed by atoms with van der Waals surface area (Å²) in [6, 6.07) is 4.29. The molecule has 1 aliphatic rings. The Labute approximate surface area is 145 Å². The van der Waals surface area contributed by atoms with E-state index in [0.717, 1.165) is 16.9 Å². The Morgan fingerprint density at radius 3 is 2.76 bits per heavy atom. The average Bonchev–Trinajstić information content (AvgIpc) is 2.58. The van der Waals surface area contributed by atoms with E-state index in [9.17, 15) is 9.59 Å². The first-order chi connectivity index (χ1) is 12.0. The molecule has 0 unspecified atom stereocenters. The lowest BCUT2D eigenvalue weighted by molar-refractivity contribution is -0.128. The fraction of sp³-hybridized carbons (Fsp3) is 0.412. The quantitative estimate of drug-likeness (QED) is 0.769. The molecular formula is C17H21N5O3. The normalized spacial score (nSPS) is 17.5. The number of rotatable bonds is 3. The Morgan fingerprint density at radius 2 is 2.04 bits per heavy atom. The minimum absolute atomic E-state index is 0.161. The minimum atomic E-state index is -0.663. The van der Waals surface area contributed by atoms with Crippen LogP contribution in [0.3, 0.4) is 0 Å². The van der Waals surface area contributed by atoms with Crippen LogP contribution in [-0.2, 0) is 4.79 Å². The van der Waals surface area contributed by atoms with Crippen molar-refractivity contribution >= 4 is 28.7 Å². The number of aliphatic hydroxyl groups excluding tert-OH is 1. The van der Waals surface area contributed by atoms with Crippen molar-refractivity contribution in [2.75, 3.05) is 25.0 Å². The van der Waals surface area contributed by atoms with E-state index in [1.807, 2.05) is 13.8 Å². The van der Waals surface area contributed by atoms with Gasteiger partial charge < -0.3 is 20.6 Å². The molecule has 1 fully saturated rings. The van der Waals surface area contributed by atoms with E-state index < -0.39 is 6.04 Å². The Morgan fingerprint density at radius 1 is 1.32 bits per heavy atom. The van der Waals surface area contributed by atoms with Crippen LogP contribution in [0.5, 0.6) is 0 Å². The van der Waals surface area contributed by atoms with Gasteiger partial charge in [-0.2, -0.15) is 0 Å². The Hall–Kier alpha value is -2.74. The third-order valence-corrected chi connectivity index (χ3v) is 4.32. The van der Waals surface area contributed by atoms with Crippen LogP contribution in [0, 0.1) is 13.8 Å². The number of carbonyl (C=O) groups is 2. The molecule has 1 aromatic carbocycles. The molecule has 1 aliphatic heterocycles. The fourth-order valence-corrected chi connectivity index (χ4v) is 2.87. The van der Waals surface area contributed by atoms with E-state index in [1.54, 1.807) is 18.2 Å². The summed E-state index contributed by atoms with van der Waals surface area (Å²) in [6.45, 7) is 4.43. The number of fused-ring (bicyclic) bond motifs is 1. The summed E-state index contributed by atoms with van der Waals surface area (Å²) >= 11 is 0. The Kier molecular flexibility index (Phi) is 4.80. The molecular weight excluding hydrogens is 322 g/mol. The number of nitrogens with zero attached hydrogens (tertiary/aromatic N) is 3. The maximum absolute atomic E-state index is 12.6. The van der Waals surface area contributed by atoms with Gasteiger partial charge >= 0.3 is 6.03 Å². The van der Waals surface area contributed by atoms with E-state index in [-0.39, 0.29) is 25.0 Å². The molecule has 0 spiro atoms. The van der Waals surface area contributed by atoms with E-state index in [1.165, 1.54) is 4.90 Å². The topological polar surface area (TPSA) is 107 Å². The molecule has 0 saturated carbocycles. The molecule has 0 bridgehead atoms. The number of piperazine rings is 1. The molecule has 3 N–H and O–H groups in total. The van der Waals surface area contributed by atoms with E-state index in [0.29, 0.717) is 24.3 Å². The summed E-state index contributed by atoms with van der Waals surface area (Å²) in [6.07, 6.45) is 0.209. The molecule has 1 atom stereocenters. The second kappa shape index (κ2) is 7.02. The van der Waals surface area contributed by atoms with Crippen LogP contribution in [0.25, 0.3) is 11.0 Å². The van der Waals surface area contributed by atoms with Crippen molar-refractivity contribution < 1.29 is 14.7 Å². The maximum Gasteiger partial charge on any atom is 0.322 e. The molecule has 0 radical (unpaired) electrons. The number of urea groups is 1. The van der Waals surface area contributed by atoms with Crippen LogP contribution >= 0.6 is 0 Å². The van der Waals surface area contributed by atoms with Gasteiger partial charge in [-0.3, -0.25) is 4.79 Å². The molecule has 3 amide bonds. The van der Waals surface area contributed by atoms with Gasteiger partial charge in [-0.05, 0) is 38.5 Å². The molecule has 1 saturated heterocycles. The SMILES string of the molecule is Cc1nc2ccc(NC(=O)N3CCNC(=O)[C@@H]3CCO)cc2nc1C. The number of hydrogen-bond acceptors (Lipinski definition) is 5.